The van der Waals surface area contributed by atoms with Gasteiger partial charge in [0, 0.05) is 13.6 Å². The monoisotopic (exact) mass is 241 g/mol. The van der Waals surface area contributed by atoms with Crippen molar-refractivity contribution in [3.63, 3.8) is 0 Å². The maximum absolute atomic E-state index is 5.58. The third kappa shape index (κ3) is 3.00. The van der Waals surface area contributed by atoms with Gasteiger partial charge in [0.2, 0.25) is 0 Å². The molecule has 0 saturated carbocycles. The number of nitrogen functional groups attached to an aromatic ring is 1. The Labute approximate surface area is 108 Å². The summed E-state index contributed by atoms with van der Waals surface area (Å²) in [7, 11) is 2.06. The van der Waals surface area contributed by atoms with Crippen molar-refractivity contribution in [1.29, 1.82) is 0 Å². The molecule has 0 bridgehead atoms. The highest BCUT2D eigenvalue weighted by atomic mass is 15.1. The van der Waals surface area contributed by atoms with Crippen molar-refractivity contribution in [1.82, 2.24) is 4.98 Å². The van der Waals surface area contributed by atoms with Crippen molar-refractivity contribution in [3.8, 4) is 0 Å². The van der Waals surface area contributed by atoms with Crippen molar-refractivity contribution >= 4 is 11.5 Å². The standard InChI is InChI=1S/C15H19N3/c1-3-12-4-6-13(7-5-12)11-18(2)14-8-9-15(16)17-10-14/h4-10H,3,11H2,1-2H3,(H2,16,17). The van der Waals surface area contributed by atoms with E-state index >= 15 is 0 Å². The number of benzene rings is 1. The van der Waals surface area contributed by atoms with Crippen molar-refractivity contribution in [2.24, 2.45) is 0 Å². The molecule has 2 rings (SSSR count). The Morgan fingerprint density at radius 3 is 2.28 bits per heavy atom. The Bertz CT molecular complexity index is 488. The van der Waals surface area contributed by atoms with Gasteiger partial charge in [-0.05, 0) is 29.7 Å². The first kappa shape index (κ1) is 12.4. The molecular weight excluding hydrogens is 222 g/mol. The molecule has 18 heavy (non-hydrogen) atoms. The van der Waals surface area contributed by atoms with E-state index in [1.165, 1.54) is 11.1 Å². The number of hydrogen-bond donors (Lipinski definition) is 1. The Balaban J connectivity index is 2.05. The molecule has 0 aliphatic rings. The molecule has 2 aromatic rings. The maximum atomic E-state index is 5.58. The van der Waals surface area contributed by atoms with Crippen molar-refractivity contribution in [2.75, 3.05) is 17.7 Å². The highest BCUT2D eigenvalue weighted by molar-refractivity contribution is 5.47. The molecule has 2 N–H and O–H groups in total. The summed E-state index contributed by atoms with van der Waals surface area (Å²) in [6.07, 6.45) is 2.88. The van der Waals surface area contributed by atoms with E-state index < -0.39 is 0 Å². The average molecular weight is 241 g/mol. The Hall–Kier alpha value is -2.03. The molecule has 0 spiro atoms. The molecule has 0 unspecified atom stereocenters. The van der Waals surface area contributed by atoms with Crippen LogP contribution in [0.5, 0.6) is 0 Å². The van der Waals surface area contributed by atoms with E-state index in [-0.39, 0.29) is 0 Å². The van der Waals surface area contributed by atoms with Gasteiger partial charge in [-0.25, -0.2) is 4.98 Å². The van der Waals surface area contributed by atoms with E-state index in [2.05, 4.69) is 48.1 Å². The van der Waals surface area contributed by atoms with Gasteiger partial charge in [0.05, 0.1) is 11.9 Å². The predicted molar refractivity (Wildman–Crippen MR) is 76.6 cm³/mol. The molecule has 0 saturated heterocycles. The van der Waals surface area contributed by atoms with E-state index in [1.54, 1.807) is 6.20 Å². The molecule has 3 nitrogen and oxygen atoms in total. The summed E-state index contributed by atoms with van der Waals surface area (Å²) in [5.41, 5.74) is 9.32. The quantitative estimate of drug-likeness (QED) is 0.895. The summed E-state index contributed by atoms with van der Waals surface area (Å²) in [4.78, 5) is 6.27. The van der Waals surface area contributed by atoms with Crippen LogP contribution in [-0.4, -0.2) is 12.0 Å². The van der Waals surface area contributed by atoms with E-state index in [9.17, 15) is 0 Å². The molecule has 1 heterocycles. The Kier molecular flexibility index (Phi) is 3.82. The van der Waals surface area contributed by atoms with Crippen molar-refractivity contribution < 1.29 is 0 Å². The molecule has 1 aromatic carbocycles. The van der Waals surface area contributed by atoms with Gasteiger partial charge in [0.1, 0.15) is 5.82 Å². The minimum Gasteiger partial charge on any atom is -0.384 e. The lowest BCUT2D eigenvalue weighted by atomic mass is 10.1. The zero-order valence-corrected chi connectivity index (χ0v) is 10.9. The molecule has 3 heteroatoms. The van der Waals surface area contributed by atoms with Gasteiger partial charge in [0.25, 0.3) is 0 Å². The van der Waals surface area contributed by atoms with Gasteiger partial charge in [-0.2, -0.15) is 0 Å². The van der Waals surface area contributed by atoms with Crippen LogP contribution in [0.3, 0.4) is 0 Å². The van der Waals surface area contributed by atoms with Crippen molar-refractivity contribution in [3.05, 3.63) is 53.7 Å². The molecule has 0 atom stereocenters. The Morgan fingerprint density at radius 2 is 1.72 bits per heavy atom. The predicted octanol–water partition coefficient (Wildman–Crippen LogP) is 2.86. The third-order valence-electron chi connectivity index (χ3n) is 3.06. The lowest BCUT2D eigenvalue weighted by molar-refractivity contribution is 0.916. The number of nitrogens with zero attached hydrogens (tertiary/aromatic N) is 2. The average Bonchev–Trinajstić information content (AvgIpc) is 2.40. The van der Waals surface area contributed by atoms with Gasteiger partial charge in [-0.3, -0.25) is 0 Å². The summed E-state index contributed by atoms with van der Waals surface area (Å²) in [5, 5.41) is 0. The number of nitrogens with two attached hydrogens (primary N) is 1. The number of aromatic nitrogens is 1. The van der Waals surface area contributed by atoms with Crippen LogP contribution in [0.4, 0.5) is 11.5 Å². The van der Waals surface area contributed by atoms with Gasteiger partial charge in [-0.1, -0.05) is 31.2 Å². The summed E-state index contributed by atoms with van der Waals surface area (Å²) < 4.78 is 0. The number of aryl methyl sites for hydroxylation is 1. The molecule has 1 aromatic heterocycles. The first-order valence-electron chi connectivity index (χ1n) is 6.19. The van der Waals surface area contributed by atoms with E-state index in [1.807, 2.05) is 12.1 Å². The number of hydrogen-bond acceptors (Lipinski definition) is 3. The van der Waals surface area contributed by atoms with E-state index in [0.717, 1.165) is 18.7 Å². The van der Waals surface area contributed by atoms with Crippen LogP contribution in [0.1, 0.15) is 18.1 Å². The molecular formula is C15H19N3. The van der Waals surface area contributed by atoms with Gasteiger partial charge in [0.15, 0.2) is 0 Å². The lowest BCUT2D eigenvalue weighted by Gasteiger charge is -2.19. The van der Waals surface area contributed by atoms with Crippen LogP contribution in [0, 0.1) is 0 Å². The van der Waals surface area contributed by atoms with E-state index in [4.69, 9.17) is 5.73 Å². The molecule has 0 radical (unpaired) electrons. The van der Waals surface area contributed by atoms with Crippen LogP contribution in [0.2, 0.25) is 0 Å². The molecule has 0 aliphatic carbocycles. The highest BCUT2D eigenvalue weighted by Crippen LogP contribution is 2.15. The fourth-order valence-corrected chi connectivity index (χ4v) is 1.87. The zero-order valence-electron chi connectivity index (χ0n) is 10.9. The zero-order chi connectivity index (χ0) is 13.0. The first-order valence-corrected chi connectivity index (χ1v) is 6.19. The lowest BCUT2D eigenvalue weighted by Crippen LogP contribution is -2.16. The van der Waals surface area contributed by atoms with Gasteiger partial charge < -0.3 is 10.6 Å². The largest absolute Gasteiger partial charge is 0.384 e. The molecule has 0 aliphatic heterocycles. The summed E-state index contributed by atoms with van der Waals surface area (Å²) in [5.74, 6) is 0.555. The van der Waals surface area contributed by atoms with Crippen molar-refractivity contribution in [2.45, 2.75) is 19.9 Å². The summed E-state index contributed by atoms with van der Waals surface area (Å²) >= 11 is 0. The summed E-state index contributed by atoms with van der Waals surface area (Å²) in [6, 6.07) is 12.5. The van der Waals surface area contributed by atoms with Crippen LogP contribution in [-0.2, 0) is 13.0 Å². The minimum absolute atomic E-state index is 0.555. The maximum Gasteiger partial charge on any atom is 0.123 e. The number of anilines is 2. The fraction of sp³-hybridized carbons (Fsp3) is 0.267. The van der Waals surface area contributed by atoms with Crippen LogP contribution >= 0.6 is 0 Å². The second-order valence-electron chi connectivity index (χ2n) is 4.47. The van der Waals surface area contributed by atoms with Crippen LogP contribution < -0.4 is 10.6 Å². The van der Waals surface area contributed by atoms with Gasteiger partial charge >= 0.3 is 0 Å². The van der Waals surface area contributed by atoms with Gasteiger partial charge in [-0.15, -0.1) is 0 Å². The van der Waals surface area contributed by atoms with E-state index in [0.29, 0.717) is 5.82 Å². The topological polar surface area (TPSA) is 42.1 Å². The fourth-order valence-electron chi connectivity index (χ4n) is 1.87. The molecule has 0 fully saturated rings. The smallest absolute Gasteiger partial charge is 0.123 e. The van der Waals surface area contributed by atoms with Crippen LogP contribution in [0.25, 0.3) is 0 Å². The highest BCUT2D eigenvalue weighted by Gasteiger charge is 2.02. The molecule has 94 valence electrons. The van der Waals surface area contributed by atoms with Crippen LogP contribution in [0.15, 0.2) is 42.6 Å². The third-order valence-corrected chi connectivity index (χ3v) is 3.06. The SMILES string of the molecule is CCc1ccc(CN(C)c2ccc(N)nc2)cc1. The number of rotatable bonds is 4. The normalized spacial score (nSPS) is 10.3. The first-order chi connectivity index (χ1) is 8.69. The second kappa shape index (κ2) is 5.54. The minimum atomic E-state index is 0.555. The Morgan fingerprint density at radius 1 is 1.06 bits per heavy atom. The number of pyridine rings is 1. The second-order valence-corrected chi connectivity index (χ2v) is 4.47. The summed E-state index contributed by atoms with van der Waals surface area (Å²) in [6.45, 7) is 3.04. The molecule has 0 amide bonds.